The predicted octanol–water partition coefficient (Wildman–Crippen LogP) is 3.29. The van der Waals surface area contributed by atoms with Crippen LogP contribution >= 0.6 is 11.8 Å². The molecule has 8 heteroatoms. The number of non-ortho nitro benzene ring substituents is 1. The summed E-state index contributed by atoms with van der Waals surface area (Å²) >= 11 is 1.58. The van der Waals surface area contributed by atoms with E-state index in [0.717, 1.165) is 17.0 Å². The molecule has 0 spiro atoms. The van der Waals surface area contributed by atoms with Crippen LogP contribution in [-0.4, -0.2) is 35.7 Å². The van der Waals surface area contributed by atoms with Crippen LogP contribution in [0.4, 0.5) is 5.69 Å². The third kappa shape index (κ3) is 5.59. The fourth-order valence-corrected chi connectivity index (χ4v) is 2.92. The van der Waals surface area contributed by atoms with E-state index in [1.807, 2.05) is 30.3 Å². The second-order valence-corrected chi connectivity index (χ2v) is 6.33. The van der Waals surface area contributed by atoms with Crippen LogP contribution in [0, 0.1) is 10.1 Å². The molecule has 26 heavy (non-hydrogen) atoms. The first-order valence-electron chi connectivity index (χ1n) is 7.94. The fraction of sp³-hybridized carbons (Fsp3) is 0.222. The summed E-state index contributed by atoms with van der Waals surface area (Å²) in [5.41, 5.74) is -0.309. The monoisotopic (exact) mass is 374 g/mol. The second kappa shape index (κ2) is 9.57. The van der Waals surface area contributed by atoms with Gasteiger partial charge in [0, 0.05) is 34.9 Å². The number of nitro groups is 1. The van der Waals surface area contributed by atoms with Crippen LogP contribution in [0.25, 0.3) is 0 Å². The highest BCUT2D eigenvalue weighted by Gasteiger charge is 2.18. The topological polar surface area (TPSA) is 98.5 Å². The Balaban J connectivity index is 2.02. The molecule has 1 N–H and O–H groups in total. The number of hydrogen-bond acceptors (Lipinski definition) is 6. The van der Waals surface area contributed by atoms with E-state index >= 15 is 0 Å². The standard InChI is InChI=1S/C18H18N2O5S/c1-2-25-18(22)14-10-13(11-15(12-14)20(23)24)17(21)19-8-9-26-16-6-4-3-5-7-16/h3-7,10-12H,2,8-9H2,1H3,(H,19,21). The number of benzene rings is 2. The van der Waals surface area contributed by atoms with Gasteiger partial charge in [-0.2, -0.15) is 0 Å². The minimum absolute atomic E-state index is 0.0233. The molecule has 0 saturated carbocycles. The predicted molar refractivity (Wildman–Crippen MR) is 98.6 cm³/mol. The highest BCUT2D eigenvalue weighted by Crippen LogP contribution is 2.19. The minimum Gasteiger partial charge on any atom is -0.462 e. The SMILES string of the molecule is CCOC(=O)c1cc(C(=O)NCCSc2ccccc2)cc([N+](=O)[O-])c1. The van der Waals surface area contributed by atoms with E-state index in [0.29, 0.717) is 12.3 Å². The number of ether oxygens (including phenoxy) is 1. The molecule has 2 rings (SSSR count). The van der Waals surface area contributed by atoms with Gasteiger partial charge in [-0.15, -0.1) is 11.8 Å². The van der Waals surface area contributed by atoms with Gasteiger partial charge in [-0.1, -0.05) is 18.2 Å². The van der Waals surface area contributed by atoms with Gasteiger partial charge in [0.25, 0.3) is 11.6 Å². The van der Waals surface area contributed by atoms with Crippen molar-refractivity contribution in [2.75, 3.05) is 18.9 Å². The van der Waals surface area contributed by atoms with Gasteiger partial charge in [0.2, 0.25) is 0 Å². The van der Waals surface area contributed by atoms with Gasteiger partial charge in [-0.25, -0.2) is 4.79 Å². The van der Waals surface area contributed by atoms with Gasteiger partial charge in [0.05, 0.1) is 17.1 Å². The second-order valence-electron chi connectivity index (χ2n) is 5.16. The Kier molecular flexibility index (Phi) is 7.16. The number of nitro benzene ring substituents is 1. The van der Waals surface area contributed by atoms with Crippen molar-refractivity contribution in [3.05, 3.63) is 69.8 Å². The zero-order chi connectivity index (χ0) is 18.9. The van der Waals surface area contributed by atoms with E-state index in [1.54, 1.807) is 18.7 Å². The van der Waals surface area contributed by atoms with Gasteiger partial charge in [-0.3, -0.25) is 14.9 Å². The Morgan fingerprint density at radius 2 is 1.85 bits per heavy atom. The smallest absolute Gasteiger partial charge is 0.338 e. The van der Waals surface area contributed by atoms with E-state index in [9.17, 15) is 19.7 Å². The number of rotatable bonds is 8. The number of thioether (sulfide) groups is 1. The van der Waals surface area contributed by atoms with Crippen molar-refractivity contribution >= 4 is 29.3 Å². The summed E-state index contributed by atoms with van der Waals surface area (Å²) in [6.45, 7) is 2.16. The fourth-order valence-electron chi connectivity index (χ4n) is 2.13. The summed E-state index contributed by atoms with van der Waals surface area (Å²) < 4.78 is 4.85. The van der Waals surface area contributed by atoms with Crippen molar-refractivity contribution in [3.63, 3.8) is 0 Å². The molecule has 136 valence electrons. The van der Waals surface area contributed by atoms with Crippen LogP contribution in [-0.2, 0) is 4.74 Å². The van der Waals surface area contributed by atoms with E-state index in [2.05, 4.69) is 5.32 Å². The number of hydrogen-bond donors (Lipinski definition) is 1. The normalized spacial score (nSPS) is 10.2. The number of nitrogens with one attached hydrogen (secondary N) is 1. The van der Waals surface area contributed by atoms with Crippen LogP contribution < -0.4 is 5.32 Å². The zero-order valence-electron chi connectivity index (χ0n) is 14.1. The van der Waals surface area contributed by atoms with Crippen molar-refractivity contribution < 1.29 is 19.2 Å². The van der Waals surface area contributed by atoms with Crippen LogP contribution in [0.3, 0.4) is 0 Å². The molecule has 2 aromatic rings. The van der Waals surface area contributed by atoms with Gasteiger partial charge < -0.3 is 10.1 Å². The van der Waals surface area contributed by atoms with Crippen LogP contribution in [0.5, 0.6) is 0 Å². The lowest BCUT2D eigenvalue weighted by Crippen LogP contribution is -2.26. The maximum Gasteiger partial charge on any atom is 0.338 e. The molecule has 1 amide bonds. The molecular weight excluding hydrogens is 356 g/mol. The Bertz CT molecular complexity index is 795. The lowest BCUT2D eigenvalue weighted by atomic mass is 10.1. The van der Waals surface area contributed by atoms with E-state index in [1.165, 1.54) is 6.07 Å². The summed E-state index contributed by atoms with van der Waals surface area (Å²) in [4.78, 5) is 35.6. The molecule has 0 aliphatic rings. The molecular formula is C18H18N2O5S. The Morgan fingerprint density at radius 3 is 2.50 bits per heavy atom. The minimum atomic E-state index is -0.704. The van der Waals surface area contributed by atoms with Gasteiger partial charge >= 0.3 is 5.97 Å². The quantitative estimate of drug-likeness (QED) is 0.250. The average molecular weight is 374 g/mol. The summed E-state index contributed by atoms with van der Waals surface area (Å²) in [6, 6.07) is 13.3. The third-order valence-electron chi connectivity index (χ3n) is 3.30. The Hall–Kier alpha value is -2.87. The molecule has 2 aromatic carbocycles. The van der Waals surface area contributed by atoms with Gasteiger partial charge in [-0.05, 0) is 25.1 Å². The van der Waals surface area contributed by atoms with Gasteiger partial charge in [0.15, 0.2) is 0 Å². The highest BCUT2D eigenvalue weighted by atomic mass is 32.2. The first-order valence-corrected chi connectivity index (χ1v) is 8.92. The number of nitrogens with zero attached hydrogens (tertiary/aromatic N) is 1. The number of carbonyl (C=O) groups is 2. The van der Waals surface area contributed by atoms with Crippen molar-refractivity contribution in [2.45, 2.75) is 11.8 Å². The lowest BCUT2D eigenvalue weighted by molar-refractivity contribution is -0.384. The summed E-state index contributed by atoms with van der Waals surface area (Å²) in [5, 5.41) is 13.7. The largest absolute Gasteiger partial charge is 0.462 e. The van der Waals surface area contributed by atoms with Gasteiger partial charge in [0.1, 0.15) is 0 Å². The molecule has 0 fully saturated rings. The average Bonchev–Trinajstić information content (AvgIpc) is 2.65. The summed E-state index contributed by atoms with van der Waals surface area (Å²) in [7, 11) is 0. The molecule has 0 saturated heterocycles. The Morgan fingerprint density at radius 1 is 1.15 bits per heavy atom. The first kappa shape index (κ1) is 19.5. The first-order chi connectivity index (χ1) is 12.5. The van der Waals surface area contributed by atoms with E-state index < -0.39 is 16.8 Å². The molecule has 0 atom stereocenters. The number of carbonyl (C=O) groups excluding carboxylic acids is 2. The van der Waals surface area contributed by atoms with E-state index in [-0.39, 0.29) is 23.4 Å². The van der Waals surface area contributed by atoms with Crippen molar-refractivity contribution in [3.8, 4) is 0 Å². The molecule has 0 aliphatic heterocycles. The maximum absolute atomic E-state index is 12.3. The maximum atomic E-state index is 12.3. The van der Waals surface area contributed by atoms with Crippen LogP contribution in [0.2, 0.25) is 0 Å². The molecule has 0 unspecified atom stereocenters. The summed E-state index contributed by atoms with van der Waals surface area (Å²) in [5.74, 6) is -0.534. The van der Waals surface area contributed by atoms with Crippen molar-refractivity contribution in [1.82, 2.24) is 5.32 Å². The number of amides is 1. The van der Waals surface area contributed by atoms with Crippen molar-refractivity contribution in [1.29, 1.82) is 0 Å². The lowest BCUT2D eigenvalue weighted by Gasteiger charge is -2.07. The van der Waals surface area contributed by atoms with E-state index in [4.69, 9.17) is 4.74 Å². The molecule has 0 aliphatic carbocycles. The summed E-state index contributed by atoms with van der Waals surface area (Å²) in [6.07, 6.45) is 0. The zero-order valence-corrected chi connectivity index (χ0v) is 15.0. The highest BCUT2D eigenvalue weighted by molar-refractivity contribution is 7.99. The molecule has 0 radical (unpaired) electrons. The third-order valence-corrected chi connectivity index (χ3v) is 4.32. The Labute approximate surface area is 154 Å². The van der Waals surface area contributed by atoms with Crippen LogP contribution in [0.15, 0.2) is 53.4 Å². The molecule has 0 aromatic heterocycles. The van der Waals surface area contributed by atoms with Crippen molar-refractivity contribution in [2.24, 2.45) is 0 Å². The molecule has 0 bridgehead atoms. The van der Waals surface area contributed by atoms with Crippen LogP contribution in [0.1, 0.15) is 27.6 Å². The number of esters is 1. The molecule has 7 nitrogen and oxygen atoms in total. The molecule has 0 heterocycles.